The Morgan fingerprint density at radius 3 is 2.81 bits per heavy atom. The molecule has 0 fully saturated rings. The topological polar surface area (TPSA) is 67.4 Å². The summed E-state index contributed by atoms with van der Waals surface area (Å²) in [7, 11) is 5.08. The third-order valence-corrected chi connectivity index (χ3v) is 3.14. The van der Waals surface area contributed by atoms with Crippen molar-refractivity contribution in [1.29, 1.82) is 0 Å². The zero-order valence-electron chi connectivity index (χ0n) is 9.85. The molecular weight excluding hydrogens is 228 g/mol. The number of amides is 1. The van der Waals surface area contributed by atoms with Gasteiger partial charge < -0.3 is 15.0 Å². The molecule has 0 radical (unpaired) electrons. The lowest BCUT2D eigenvalue weighted by molar-refractivity contribution is 0.0632. The van der Waals surface area contributed by atoms with Crippen molar-refractivity contribution < 1.29 is 9.53 Å². The van der Waals surface area contributed by atoms with Crippen LogP contribution in [0.2, 0.25) is 0 Å². The Morgan fingerprint density at radius 1 is 1.62 bits per heavy atom. The van der Waals surface area contributed by atoms with E-state index in [1.54, 1.807) is 26.1 Å². The van der Waals surface area contributed by atoms with Gasteiger partial charge >= 0.3 is 0 Å². The molecule has 90 valence electrons. The molecule has 0 saturated carbocycles. The summed E-state index contributed by atoms with van der Waals surface area (Å²) in [6.45, 7) is 2.42. The molecule has 1 rings (SSSR count). The van der Waals surface area contributed by atoms with Crippen LogP contribution in [0.25, 0.3) is 0 Å². The standard InChI is InChI=1S/C9H16N4O2S/c1-6(5-15-4)13(3)8(14)7-11-12-9(10-2)16-7/h6H,5H2,1-4H3,(H,10,12). The van der Waals surface area contributed by atoms with Crippen LogP contribution in [-0.2, 0) is 4.74 Å². The SMILES string of the molecule is CNc1nnc(C(=O)N(C)C(C)COC)s1. The zero-order chi connectivity index (χ0) is 12.1. The fraction of sp³-hybridized carbons (Fsp3) is 0.667. The Labute approximate surface area is 98.6 Å². The number of ether oxygens (including phenoxy) is 1. The highest BCUT2D eigenvalue weighted by Gasteiger charge is 2.20. The van der Waals surface area contributed by atoms with Crippen LogP contribution in [0.5, 0.6) is 0 Å². The van der Waals surface area contributed by atoms with E-state index in [1.807, 2.05) is 6.92 Å². The van der Waals surface area contributed by atoms with Gasteiger partial charge in [0.05, 0.1) is 12.6 Å². The number of likely N-dealkylation sites (N-methyl/N-ethyl adjacent to an activating group) is 1. The minimum atomic E-state index is -0.136. The quantitative estimate of drug-likeness (QED) is 0.825. The van der Waals surface area contributed by atoms with Gasteiger partial charge in [-0.3, -0.25) is 4.79 Å². The first-order valence-corrected chi connectivity index (χ1v) is 5.69. The summed E-state index contributed by atoms with van der Waals surface area (Å²) in [5, 5.41) is 11.5. The molecule has 0 aliphatic heterocycles. The van der Waals surface area contributed by atoms with Crippen molar-refractivity contribution in [2.24, 2.45) is 0 Å². The molecule has 6 nitrogen and oxygen atoms in total. The fourth-order valence-electron chi connectivity index (χ4n) is 1.11. The molecule has 1 aromatic heterocycles. The van der Waals surface area contributed by atoms with Gasteiger partial charge in [-0.05, 0) is 6.92 Å². The Morgan fingerprint density at radius 2 is 2.31 bits per heavy atom. The van der Waals surface area contributed by atoms with Gasteiger partial charge in [-0.15, -0.1) is 10.2 Å². The second-order valence-corrected chi connectivity index (χ2v) is 4.36. The Balaban J connectivity index is 2.69. The van der Waals surface area contributed by atoms with Crippen molar-refractivity contribution in [2.45, 2.75) is 13.0 Å². The minimum Gasteiger partial charge on any atom is -0.383 e. The number of anilines is 1. The van der Waals surface area contributed by atoms with Crippen LogP contribution in [-0.4, -0.2) is 54.9 Å². The van der Waals surface area contributed by atoms with E-state index in [0.29, 0.717) is 16.7 Å². The molecule has 7 heteroatoms. The summed E-state index contributed by atoms with van der Waals surface area (Å²) in [5.41, 5.74) is 0. The lowest BCUT2D eigenvalue weighted by Crippen LogP contribution is -2.37. The van der Waals surface area contributed by atoms with E-state index in [9.17, 15) is 4.79 Å². The molecule has 0 spiro atoms. The van der Waals surface area contributed by atoms with Gasteiger partial charge in [0.15, 0.2) is 0 Å². The first-order valence-electron chi connectivity index (χ1n) is 4.87. The molecule has 16 heavy (non-hydrogen) atoms. The molecule has 1 unspecified atom stereocenters. The van der Waals surface area contributed by atoms with Crippen LogP contribution in [0.15, 0.2) is 0 Å². The number of carbonyl (C=O) groups is 1. The number of nitrogens with zero attached hydrogens (tertiary/aromatic N) is 3. The third kappa shape index (κ3) is 2.89. The minimum absolute atomic E-state index is 0.0134. The summed E-state index contributed by atoms with van der Waals surface area (Å²) >= 11 is 1.24. The van der Waals surface area contributed by atoms with E-state index in [1.165, 1.54) is 11.3 Å². The van der Waals surface area contributed by atoms with Gasteiger partial charge in [0, 0.05) is 21.2 Å². The summed E-state index contributed by atoms with van der Waals surface area (Å²) < 4.78 is 5.00. The highest BCUT2D eigenvalue weighted by atomic mass is 32.1. The highest BCUT2D eigenvalue weighted by molar-refractivity contribution is 7.17. The van der Waals surface area contributed by atoms with Crippen LogP contribution < -0.4 is 5.32 Å². The maximum Gasteiger partial charge on any atom is 0.284 e. The summed E-state index contributed by atoms with van der Waals surface area (Å²) in [5.74, 6) is -0.136. The predicted molar refractivity (Wildman–Crippen MR) is 62.9 cm³/mol. The van der Waals surface area contributed by atoms with E-state index < -0.39 is 0 Å². The molecular formula is C9H16N4O2S. The van der Waals surface area contributed by atoms with Gasteiger partial charge in [-0.25, -0.2) is 0 Å². The number of rotatable bonds is 5. The summed E-state index contributed by atoms with van der Waals surface area (Å²) in [4.78, 5) is 13.5. The van der Waals surface area contributed by atoms with Crippen molar-refractivity contribution in [3.8, 4) is 0 Å². The Hall–Kier alpha value is -1.21. The number of aromatic nitrogens is 2. The largest absolute Gasteiger partial charge is 0.383 e. The fourth-order valence-corrected chi connectivity index (χ4v) is 1.79. The number of hydrogen-bond acceptors (Lipinski definition) is 6. The summed E-state index contributed by atoms with van der Waals surface area (Å²) in [6, 6.07) is 0.0134. The second-order valence-electron chi connectivity index (χ2n) is 3.38. The molecule has 1 amide bonds. The van der Waals surface area contributed by atoms with Crippen molar-refractivity contribution in [2.75, 3.05) is 33.1 Å². The average Bonchev–Trinajstić information content (AvgIpc) is 2.75. The lowest BCUT2D eigenvalue weighted by Gasteiger charge is -2.22. The van der Waals surface area contributed by atoms with Gasteiger partial charge in [-0.2, -0.15) is 0 Å². The average molecular weight is 244 g/mol. The van der Waals surface area contributed by atoms with E-state index in [0.717, 1.165) is 0 Å². The normalized spacial score (nSPS) is 12.2. The Bertz CT molecular complexity index is 355. The van der Waals surface area contributed by atoms with Crippen LogP contribution >= 0.6 is 11.3 Å². The van der Waals surface area contributed by atoms with E-state index in [2.05, 4.69) is 15.5 Å². The van der Waals surface area contributed by atoms with Crippen molar-refractivity contribution in [1.82, 2.24) is 15.1 Å². The molecule has 0 aliphatic rings. The molecule has 0 aromatic carbocycles. The van der Waals surface area contributed by atoms with Gasteiger partial charge in [0.1, 0.15) is 0 Å². The maximum absolute atomic E-state index is 11.9. The van der Waals surface area contributed by atoms with Crippen LogP contribution in [0.4, 0.5) is 5.13 Å². The zero-order valence-corrected chi connectivity index (χ0v) is 10.7. The molecule has 1 N–H and O–H groups in total. The highest BCUT2D eigenvalue weighted by Crippen LogP contribution is 2.16. The molecule has 0 bridgehead atoms. The van der Waals surface area contributed by atoms with Crippen LogP contribution in [0.1, 0.15) is 16.7 Å². The number of nitrogens with one attached hydrogen (secondary N) is 1. The molecule has 0 aliphatic carbocycles. The lowest BCUT2D eigenvalue weighted by atomic mass is 10.3. The molecule has 0 saturated heterocycles. The third-order valence-electron chi connectivity index (χ3n) is 2.21. The monoisotopic (exact) mass is 244 g/mol. The van der Waals surface area contributed by atoms with Crippen molar-refractivity contribution >= 4 is 22.4 Å². The molecule has 1 atom stereocenters. The second kappa shape index (κ2) is 5.76. The number of carbonyl (C=O) groups excluding carboxylic acids is 1. The van der Waals surface area contributed by atoms with Crippen molar-refractivity contribution in [3.63, 3.8) is 0 Å². The van der Waals surface area contributed by atoms with Crippen molar-refractivity contribution in [3.05, 3.63) is 5.01 Å². The molecule has 1 heterocycles. The molecule has 1 aromatic rings. The number of hydrogen-bond donors (Lipinski definition) is 1. The van der Waals surface area contributed by atoms with Gasteiger partial charge in [-0.1, -0.05) is 11.3 Å². The van der Waals surface area contributed by atoms with E-state index in [4.69, 9.17) is 4.74 Å². The van der Waals surface area contributed by atoms with Crippen LogP contribution in [0, 0.1) is 0 Å². The van der Waals surface area contributed by atoms with E-state index in [-0.39, 0.29) is 11.9 Å². The van der Waals surface area contributed by atoms with Gasteiger partial charge in [0.25, 0.3) is 5.91 Å². The first-order chi connectivity index (χ1) is 7.60. The van der Waals surface area contributed by atoms with E-state index >= 15 is 0 Å². The maximum atomic E-state index is 11.9. The Kier molecular flexibility index (Phi) is 4.63. The summed E-state index contributed by atoms with van der Waals surface area (Å²) in [6.07, 6.45) is 0. The first kappa shape index (κ1) is 12.9. The van der Waals surface area contributed by atoms with Crippen LogP contribution in [0.3, 0.4) is 0 Å². The number of methoxy groups -OCH3 is 1. The smallest absolute Gasteiger partial charge is 0.284 e. The predicted octanol–water partition coefficient (Wildman–Crippen LogP) is 0.687. The van der Waals surface area contributed by atoms with Gasteiger partial charge in [0.2, 0.25) is 10.1 Å².